The lowest BCUT2D eigenvalue weighted by Crippen LogP contribution is -2.38. The minimum Gasteiger partial charge on any atom is -0.507 e. The van der Waals surface area contributed by atoms with Crippen molar-refractivity contribution in [2.75, 3.05) is 53.6 Å². The van der Waals surface area contributed by atoms with Crippen LogP contribution in [0.1, 0.15) is 23.6 Å². The number of carbonyl (C=O) groups is 2. The maximum atomic E-state index is 13.2. The van der Waals surface area contributed by atoms with E-state index in [4.69, 9.17) is 14.2 Å². The molecular formula is C26H30N2O6. The van der Waals surface area contributed by atoms with Crippen molar-refractivity contribution >= 4 is 17.4 Å². The lowest BCUT2D eigenvalue weighted by atomic mass is 9.95. The zero-order chi connectivity index (χ0) is 24.1. The van der Waals surface area contributed by atoms with E-state index in [1.165, 1.54) is 7.11 Å². The van der Waals surface area contributed by atoms with Crippen LogP contribution in [0.4, 0.5) is 0 Å². The molecule has 2 fully saturated rings. The van der Waals surface area contributed by atoms with Gasteiger partial charge in [-0.3, -0.25) is 14.5 Å². The summed E-state index contributed by atoms with van der Waals surface area (Å²) in [4.78, 5) is 30.1. The molecule has 0 spiro atoms. The number of Topliss-reactive ketones (excluding diaryl/α,β-unsaturated/α-hetero) is 1. The first-order valence-corrected chi connectivity index (χ1v) is 11.4. The number of methoxy groups -OCH3 is 2. The highest BCUT2D eigenvalue weighted by Gasteiger charge is 2.45. The number of aliphatic hydroxyl groups is 1. The number of likely N-dealkylation sites (tertiary alicyclic amines) is 1. The first-order chi connectivity index (χ1) is 16.5. The molecular weight excluding hydrogens is 436 g/mol. The molecule has 0 aromatic heterocycles. The van der Waals surface area contributed by atoms with Crippen molar-refractivity contribution in [2.24, 2.45) is 0 Å². The molecule has 2 aliphatic rings. The summed E-state index contributed by atoms with van der Waals surface area (Å²) in [7, 11) is 3.11. The van der Waals surface area contributed by atoms with Crippen molar-refractivity contribution in [1.29, 1.82) is 0 Å². The average Bonchev–Trinajstić information content (AvgIpc) is 3.14. The van der Waals surface area contributed by atoms with E-state index >= 15 is 0 Å². The summed E-state index contributed by atoms with van der Waals surface area (Å²) >= 11 is 0. The second-order valence-corrected chi connectivity index (χ2v) is 8.31. The number of carbonyl (C=O) groups excluding carboxylic acids is 2. The zero-order valence-corrected chi connectivity index (χ0v) is 19.5. The number of ether oxygens (including phenoxy) is 3. The van der Waals surface area contributed by atoms with E-state index in [-0.39, 0.29) is 11.3 Å². The minimum atomic E-state index is -0.693. The van der Waals surface area contributed by atoms with Gasteiger partial charge in [-0.2, -0.15) is 0 Å². The monoisotopic (exact) mass is 466 g/mol. The molecule has 8 heteroatoms. The van der Waals surface area contributed by atoms with Gasteiger partial charge in [-0.1, -0.05) is 24.3 Å². The number of hydrogen-bond acceptors (Lipinski definition) is 7. The van der Waals surface area contributed by atoms with Crippen LogP contribution in [-0.2, 0) is 14.3 Å². The van der Waals surface area contributed by atoms with Crippen molar-refractivity contribution in [3.63, 3.8) is 0 Å². The number of morpholine rings is 1. The fourth-order valence-corrected chi connectivity index (χ4v) is 4.46. The van der Waals surface area contributed by atoms with E-state index in [9.17, 15) is 14.7 Å². The number of hydrogen-bond donors (Lipinski definition) is 1. The Kier molecular flexibility index (Phi) is 7.49. The molecule has 2 aromatic carbocycles. The van der Waals surface area contributed by atoms with E-state index in [2.05, 4.69) is 4.90 Å². The van der Waals surface area contributed by atoms with E-state index in [1.54, 1.807) is 48.4 Å². The largest absolute Gasteiger partial charge is 0.507 e. The summed E-state index contributed by atoms with van der Waals surface area (Å²) < 4.78 is 15.9. The van der Waals surface area contributed by atoms with Crippen molar-refractivity contribution in [3.05, 3.63) is 65.2 Å². The highest BCUT2D eigenvalue weighted by Crippen LogP contribution is 2.40. The average molecular weight is 467 g/mol. The third-order valence-corrected chi connectivity index (χ3v) is 6.29. The zero-order valence-electron chi connectivity index (χ0n) is 19.5. The quantitative estimate of drug-likeness (QED) is 0.364. The fourth-order valence-electron chi connectivity index (χ4n) is 4.46. The summed E-state index contributed by atoms with van der Waals surface area (Å²) in [6, 6.07) is 13.3. The van der Waals surface area contributed by atoms with Crippen LogP contribution < -0.4 is 9.47 Å². The van der Waals surface area contributed by atoms with Crippen LogP contribution in [0, 0.1) is 0 Å². The lowest BCUT2D eigenvalue weighted by Gasteiger charge is -2.29. The SMILES string of the molecule is COc1ccc([C@@H]2/C(=C(\O)c3cccc(OC)c3)C(=O)C(=O)N2CCCN2CCOCC2)cc1. The molecule has 180 valence electrons. The molecule has 34 heavy (non-hydrogen) atoms. The van der Waals surface area contributed by atoms with E-state index in [0.29, 0.717) is 43.2 Å². The molecule has 8 nitrogen and oxygen atoms in total. The molecule has 0 unspecified atom stereocenters. The number of aliphatic hydroxyl groups excluding tert-OH is 1. The number of nitrogens with zero attached hydrogens (tertiary/aromatic N) is 2. The summed E-state index contributed by atoms with van der Waals surface area (Å²) in [5.41, 5.74) is 1.23. The van der Waals surface area contributed by atoms with Crippen molar-refractivity contribution in [3.8, 4) is 11.5 Å². The van der Waals surface area contributed by atoms with Crippen LogP contribution in [0.2, 0.25) is 0 Å². The Balaban J connectivity index is 1.68. The number of rotatable bonds is 8. The second kappa shape index (κ2) is 10.7. The molecule has 1 amide bonds. The molecule has 1 N–H and O–H groups in total. The normalized spacial score (nSPS) is 20.5. The van der Waals surface area contributed by atoms with Crippen molar-refractivity contribution in [1.82, 2.24) is 9.80 Å². The molecule has 2 aromatic rings. The molecule has 4 rings (SSSR count). The van der Waals surface area contributed by atoms with E-state index in [1.807, 2.05) is 12.1 Å². The van der Waals surface area contributed by atoms with Crippen LogP contribution in [0.5, 0.6) is 11.5 Å². The summed E-state index contributed by atoms with van der Waals surface area (Å²) in [5.74, 6) is -0.292. The Labute approximate surface area is 199 Å². The van der Waals surface area contributed by atoms with Crippen LogP contribution in [0.3, 0.4) is 0 Å². The molecule has 2 heterocycles. The van der Waals surface area contributed by atoms with Crippen LogP contribution >= 0.6 is 0 Å². The third-order valence-electron chi connectivity index (χ3n) is 6.29. The molecule has 0 saturated carbocycles. The number of benzene rings is 2. The molecule has 0 radical (unpaired) electrons. The van der Waals surface area contributed by atoms with Gasteiger partial charge in [0, 0.05) is 31.7 Å². The van der Waals surface area contributed by atoms with Crippen molar-refractivity contribution < 1.29 is 28.9 Å². The van der Waals surface area contributed by atoms with Gasteiger partial charge in [0.25, 0.3) is 11.7 Å². The molecule has 1 atom stereocenters. The van der Waals surface area contributed by atoms with Gasteiger partial charge in [-0.05, 0) is 36.2 Å². The highest BCUT2D eigenvalue weighted by molar-refractivity contribution is 6.46. The Morgan fingerprint density at radius 3 is 2.38 bits per heavy atom. The van der Waals surface area contributed by atoms with Crippen LogP contribution in [-0.4, -0.2) is 80.2 Å². The Hall–Kier alpha value is -3.36. The standard InChI is InChI=1S/C26H30N2O6/c1-32-20-9-7-18(8-10-20)23-22(24(29)19-5-3-6-21(17-19)33-2)25(30)26(31)28(23)12-4-11-27-13-15-34-16-14-27/h3,5-10,17,23,29H,4,11-16H2,1-2H3/b24-22+/t23-/m1/s1. The number of ketones is 1. The lowest BCUT2D eigenvalue weighted by molar-refractivity contribution is -0.140. The number of amides is 1. The fraction of sp³-hybridized carbons (Fsp3) is 0.385. The first kappa shape index (κ1) is 23.8. The van der Waals surface area contributed by atoms with Gasteiger partial charge in [0.05, 0.1) is 39.0 Å². The van der Waals surface area contributed by atoms with Gasteiger partial charge < -0.3 is 24.2 Å². The van der Waals surface area contributed by atoms with E-state index < -0.39 is 17.7 Å². The van der Waals surface area contributed by atoms with Gasteiger partial charge in [0.15, 0.2) is 0 Å². The summed E-state index contributed by atoms with van der Waals surface area (Å²) in [5, 5.41) is 11.2. The maximum absolute atomic E-state index is 13.2. The van der Waals surface area contributed by atoms with Gasteiger partial charge in [-0.25, -0.2) is 0 Å². The summed E-state index contributed by atoms with van der Waals surface area (Å²) in [6.45, 7) is 4.33. The Bertz CT molecular complexity index is 1060. The second-order valence-electron chi connectivity index (χ2n) is 8.31. The molecule has 0 bridgehead atoms. The van der Waals surface area contributed by atoms with Crippen molar-refractivity contribution in [2.45, 2.75) is 12.5 Å². The minimum absolute atomic E-state index is 0.0785. The van der Waals surface area contributed by atoms with Gasteiger partial charge in [0.1, 0.15) is 17.3 Å². The Morgan fingerprint density at radius 2 is 1.71 bits per heavy atom. The topological polar surface area (TPSA) is 88.5 Å². The smallest absolute Gasteiger partial charge is 0.295 e. The van der Waals surface area contributed by atoms with E-state index in [0.717, 1.165) is 25.2 Å². The van der Waals surface area contributed by atoms with Gasteiger partial charge >= 0.3 is 0 Å². The van der Waals surface area contributed by atoms with Gasteiger partial charge in [0.2, 0.25) is 0 Å². The molecule has 0 aliphatic carbocycles. The molecule has 2 saturated heterocycles. The predicted octanol–water partition coefficient (Wildman–Crippen LogP) is 2.85. The Morgan fingerprint density at radius 1 is 1.00 bits per heavy atom. The van der Waals surface area contributed by atoms with Crippen LogP contribution in [0.25, 0.3) is 5.76 Å². The molecule has 2 aliphatic heterocycles. The highest BCUT2D eigenvalue weighted by atomic mass is 16.5. The first-order valence-electron chi connectivity index (χ1n) is 11.4. The predicted molar refractivity (Wildman–Crippen MR) is 127 cm³/mol. The third kappa shape index (κ3) is 4.93. The summed E-state index contributed by atoms with van der Waals surface area (Å²) in [6.07, 6.45) is 0.707. The maximum Gasteiger partial charge on any atom is 0.295 e. The van der Waals surface area contributed by atoms with Gasteiger partial charge in [-0.15, -0.1) is 0 Å². The van der Waals surface area contributed by atoms with Crippen LogP contribution in [0.15, 0.2) is 54.1 Å².